The molecule has 0 aliphatic rings. The van der Waals surface area contributed by atoms with Crippen LogP contribution in [0.1, 0.15) is 23.8 Å². The summed E-state index contributed by atoms with van der Waals surface area (Å²) < 4.78 is 0. The highest BCUT2D eigenvalue weighted by Gasteiger charge is 2.25. The number of carbonyl (C=O) groups is 2. The van der Waals surface area contributed by atoms with Crippen molar-refractivity contribution in [1.29, 1.82) is 0 Å². The minimum absolute atomic E-state index is 0.0450. The van der Waals surface area contributed by atoms with E-state index in [1.807, 2.05) is 0 Å². The maximum absolute atomic E-state index is 11.7. The number of aliphatic hydroxyl groups is 1. The lowest BCUT2D eigenvalue weighted by Gasteiger charge is -2.21. The van der Waals surface area contributed by atoms with Crippen molar-refractivity contribution in [2.45, 2.75) is 18.9 Å². The Balaban J connectivity index is 2.62. The Bertz CT molecular complexity index is 459. The number of rotatable bonds is 5. The largest absolute Gasteiger partial charge is 0.481 e. The van der Waals surface area contributed by atoms with Crippen molar-refractivity contribution in [3.63, 3.8) is 0 Å². The summed E-state index contributed by atoms with van der Waals surface area (Å²) in [4.78, 5) is 26.0. The van der Waals surface area contributed by atoms with Crippen LogP contribution in [-0.4, -0.2) is 39.2 Å². The summed E-state index contributed by atoms with van der Waals surface area (Å²) >= 11 is 0. The van der Waals surface area contributed by atoms with E-state index in [-0.39, 0.29) is 17.9 Å². The Morgan fingerprint density at radius 3 is 2.78 bits per heavy atom. The second-order valence-corrected chi connectivity index (χ2v) is 4.19. The van der Waals surface area contributed by atoms with Gasteiger partial charge < -0.3 is 21.3 Å². The van der Waals surface area contributed by atoms with Gasteiger partial charge in [-0.1, -0.05) is 0 Å². The van der Waals surface area contributed by atoms with E-state index in [1.165, 1.54) is 19.2 Å². The molecule has 7 heteroatoms. The van der Waals surface area contributed by atoms with Crippen molar-refractivity contribution >= 4 is 17.6 Å². The summed E-state index contributed by atoms with van der Waals surface area (Å²) in [6, 6.07) is 3.12. The number of anilines is 1. The predicted molar refractivity (Wildman–Crippen MR) is 63.9 cm³/mol. The minimum Gasteiger partial charge on any atom is -0.481 e. The number of nitrogens with two attached hydrogens (primary N) is 1. The summed E-state index contributed by atoms with van der Waals surface area (Å²) in [6.07, 6.45) is 0.950. The Morgan fingerprint density at radius 2 is 2.22 bits per heavy atom. The van der Waals surface area contributed by atoms with E-state index in [1.54, 1.807) is 6.07 Å². The van der Waals surface area contributed by atoms with Gasteiger partial charge in [0.15, 0.2) is 5.69 Å². The molecule has 18 heavy (non-hydrogen) atoms. The lowest BCUT2D eigenvalue weighted by molar-refractivity contribution is -0.141. The van der Waals surface area contributed by atoms with Crippen molar-refractivity contribution in [3.05, 3.63) is 24.0 Å². The van der Waals surface area contributed by atoms with Gasteiger partial charge >= 0.3 is 5.97 Å². The number of nitrogen functional groups attached to an aromatic ring is 1. The zero-order valence-corrected chi connectivity index (χ0v) is 9.88. The van der Waals surface area contributed by atoms with Crippen LogP contribution in [0.25, 0.3) is 0 Å². The summed E-state index contributed by atoms with van der Waals surface area (Å²) in [5, 5.41) is 20.7. The minimum atomic E-state index is -1.52. The van der Waals surface area contributed by atoms with E-state index >= 15 is 0 Å². The first-order valence-electron chi connectivity index (χ1n) is 5.25. The lowest BCUT2D eigenvalue weighted by Crippen LogP contribution is -2.42. The zero-order valence-electron chi connectivity index (χ0n) is 9.88. The molecule has 1 rings (SSSR count). The highest BCUT2D eigenvalue weighted by atomic mass is 16.4. The van der Waals surface area contributed by atoms with Crippen LogP contribution in [0.2, 0.25) is 0 Å². The van der Waals surface area contributed by atoms with Crippen LogP contribution >= 0.6 is 0 Å². The van der Waals surface area contributed by atoms with Gasteiger partial charge in [0, 0.05) is 12.7 Å². The van der Waals surface area contributed by atoms with Gasteiger partial charge in [0.05, 0.1) is 17.7 Å². The molecule has 0 aliphatic carbocycles. The van der Waals surface area contributed by atoms with Gasteiger partial charge in [-0.3, -0.25) is 9.59 Å². The molecular weight excluding hydrogens is 238 g/mol. The Morgan fingerprint density at radius 1 is 1.56 bits per heavy atom. The number of hydrogen-bond acceptors (Lipinski definition) is 5. The van der Waals surface area contributed by atoms with Crippen LogP contribution < -0.4 is 11.1 Å². The van der Waals surface area contributed by atoms with Crippen LogP contribution in [0.5, 0.6) is 0 Å². The third-order valence-electron chi connectivity index (χ3n) is 2.22. The molecule has 1 aromatic heterocycles. The van der Waals surface area contributed by atoms with E-state index in [0.717, 1.165) is 0 Å². The quantitative estimate of drug-likeness (QED) is 0.566. The third kappa shape index (κ3) is 4.02. The van der Waals surface area contributed by atoms with E-state index in [9.17, 15) is 14.7 Å². The Labute approximate surface area is 104 Å². The second-order valence-electron chi connectivity index (χ2n) is 4.19. The van der Waals surface area contributed by atoms with Crippen molar-refractivity contribution in [2.75, 3.05) is 12.3 Å². The molecule has 1 amide bonds. The van der Waals surface area contributed by atoms with E-state index < -0.39 is 23.9 Å². The molecule has 0 fully saturated rings. The molecule has 0 radical (unpaired) electrons. The highest BCUT2D eigenvalue weighted by molar-refractivity contribution is 5.97. The number of pyridine rings is 1. The summed E-state index contributed by atoms with van der Waals surface area (Å²) in [5.41, 5.74) is 4.30. The van der Waals surface area contributed by atoms with Crippen molar-refractivity contribution in [2.24, 2.45) is 0 Å². The fourth-order valence-electron chi connectivity index (χ4n) is 1.35. The Hall–Kier alpha value is -2.15. The number of aliphatic carboxylic acids is 1. The summed E-state index contributed by atoms with van der Waals surface area (Å²) in [6.45, 7) is 1.12. The first-order valence-corrected chi connectivity index (χ1v) is 5.25. The Kier molecular flexibility index (Phi) is 4.22. The van der Waals surface area contributed by atoms with Crippen LogP contribution in [0.4, 0.5) is 5.69 Å². The first-order chi connectivity index (χ1) is 8.32. The summed E-state index contributed by atoms with van der Waals surface area (Å²) in [5.74, 6) is -1.70. The number of aromatic nitrogens is 1. The van der Waals surface area contributed by atoms with Crippen molar-refractivity contribution in [3.8, 4) is 0 Å². The molecule has 7 nitrogen and oxygen atoms in total. The van der Waals surface area contributed by atoms with Crippen LogP contribution in [0.15, 0.2) is 18.3 Å². The van der Waals surface area contributed by atoms with Crippen LogP contribution in [0, 0.1) is 0 Å². The number of hydrogen-bond donors (Lipinski definition) is 4. The zero-order chi connectivity index (χ0) is 13.8. The third-order valence-corrected chi connectivity index (χ3v) is 2.22. The van der Waals surface area contributed by atoms with Crippen LogP contribution in [-0.2, 0) is 4.79 Å². The average molecular weight is 253 g/mol. The molecule has 0 bridgehead atoms. The number of carbonyl (C=O) groups excluding carboxylic acids is 1. The molecule has 98 valence electrons. The monoisotopic (exact) mass is 253 g/mol. The van der Waals surface area contributed by atoms with Crippen LogP contribution in [0.3, 0.4) is 0 Å². The number of nitrogens with zero attached hydrogens (tertiary/aromatic N) is 1. The number of amides is 1. The number of carboxylic acids is 1. The molecule has 0 saturated carbocycles. The molecule has 0 aliphatic heterocycles. The SMILES string of the molecule is CC(O)(CNC(=O)c1ncccc1N)CC(=O)O. The molecule has 0 aromatic carbocycles. The van der Waals surface area contributed by atoms with Crippen molar-refractivity contribution < 1.29 is 19.8 Å². The lowest BCUT2D eigenvalue weighted by atomic mass is 10.0. The fourth-order valence-corrected chi connectivity index (χ4v) is 1.35. The van der Waals surface area contributed by atoms with E-state index in [0.29, 0.717) is 0 Å². The van der Waals surface area contributed by atoms with E-state index in [4.69, 9.17) is 10.8 Å². The maximum Gasteiger partial charge on any atom is 0.306 e. The predicted octanol–water partition coefficient (Wildman–Crippen LogP) is -0.381. The van der Waals surface area contributed by atoms with Gasteiger partial charge in [-0.25, -0.2) is 4.98 Å². The smallest absolute Gasteiger partial charge is 0.306 e. The topological polar surface area (TPSA) is 126 Å². The van der Waals surface area contributed by atoms with Crippen molar-refractivity contribution in [1.82, 2.24) is 10.3 Å². The van der Waals surface area contributed by atoms with Gasteiger partial charge in [-0.2, -0.15) is 0 Å². The van der Waals surface area contributed by atoms with Gasteiger partial charge in [0.25, 0.3) is 5.91 Å². The normalized spacial score (nSPS) is 13.7. The molecule has 1 aromatic rings. The standard InChI is InChI=1S/C11H15N3O4/c1-11(18,5-8(15)16)6-14-10(17)9-7(12)3-2-4-13-9/h2-4,18H,5-6,12H2,1H3,(H,14,17)(H,15,16). The number of carboxylic acid groups (broad SMARTS) is 1. The summed E-state index contributed by atoms with van der Waals surface area (Å²) in [7, 11) is 0. The van der Waals surface area contributed by atoms with Gasteiger partial charge in [-0.15, -0.1) is 0 Å². The first kappa shape index (κ1) is 13.9. The maximum atomic E-state index is 11.7. The second kappa shape index (κ2) is 5.46. The van der Waals surface area contributed by atoms with Gasteiger partial charge in [0.2, 0.25) is 0 Å². The fraction of sp³-hybridized carbons (Fsp3) is 0.364. The molecule has 0 spiro atoms. The van der Waals surface area contributed by atoms with E-state index in [2.05, 4.69) is 10.3 Å². The number of nitrogens with one attached hydrogen (secondary N) is 1. The highest BCUT2D eigenvalue weighted by Crippen LogP contribution is 2.10. The molecule has 1 heterocycles. The molecular formula is C11H15N3O4. The van der Waals surface area contributed by atoms with Gasteiger partial charge in [0.1, 0.15) is 0 Å². The molecule has 0 saturated heterocycles. The van der Waals surface area contributed by atoms with Gasteiger partial charge in [-0.05, 0) is 19.1 Å². The average Bonchev–Trinajstić information content (AvgIpc) is 2.25. The molecule has 1 unspecified atom stereocenters. The molecule has 1 atom stereocenters. The molecule has 5 N–H and O–H groups in total.